The van der Waals surface area contributed by atoms with E-state index in [1.807, 2.05) is 13.8 Å². The van der Waals surface area contributed by atoms with Gasteiger partial charge in [-0.1, -0.05) is 37.3 Å². The van der Waals surface area contributed by atoms with Crippen molar-refractivity contribution >= 4 is 34.1 Å². The Bertz CT molecular complexity index is 1190. The lowest BCUT2D eigenvalue weighted by atomic mass is 10.0. The van der Waals surface area contributed by atoms with Crippen molar-refractivity contribution in [2.45, 2.75) is 44.9 Å². The van der Waals surface area contributed by atoms with Crippen LogP contribution in [0.25, 0.3) is 11.3 Å². The van der Waals surface area contributed by atoms with Crippen molar-refractivity contribution in [3.63, 3.8) is 0 Å². The van der Waals surface area contributed by atoms with E-state index in [4.69, 9.17) is 4.74 Å². The van der Waals surface area contributed by atoms with E-state index < -0.39 is 18.0 Å². The SMILES string of the molecule is CC(C)CC(NC(=O)c1ccc(-c2nc(N3CCN(C)CC3)sc2F)cc1)C(=O)N1CC[C@H]2OCC(=O)[C@H]21. The molecule has 3 saturated heterocycles. The number of amides is 2. The second-order valence-electron chi connectivity index (χ2n) is 10.7. The van der Waals surface area contributed by atoms with Crippen molar-refractivity contribution in [3.05, 3.63) is 35.0 Å². The molecular weight excluding hydrogens is 509 g/mol. The topological polar surface area (TPSA) is 95.1 Å². The van der Waals surface area contributed by atoms with Gasteiger partial charge >= 0.3 is 0 Å². The Morgan fingerprint density at radius 1 is 1.16 bits per heavy atom. The number of thiazole rings is 1. The van der Waals surface area contributed by atoms with Crippen LogP contribution in [-0.2, 0) is 14.3 Å². The van der Waals surface area contributed by atoms with Crippen molar-refractivity contribution < 1.29 is 23.5 Å². The predicted octanol–water partition coefficient (Wildman–Crippen LogP) is 2.41. The Hall–Kier alpha value is -2.89. The van der Waals surface area contributed by atoms with Crippen LogP contribution in [0.15, 0.2) is 24.3 Å². The van der Waals surface area contributed by atoms with Gasteiger partial charge in [0.05, 0.1) is 6.10 Å². The number of hydrogen-bond acceptors (Lipinski definition) is 8. The maximum Gasteiger partial charge on any atom is 0.251 e. The van der Waals surface area contributed by atoms with E-state index in [1.54, 1.807) is 29.2 Å². The monoisotopic (exact) mass is 543 g/mol. The number of nitrogens with one attached hydrogen (secondary N) is 1. The average Bonchev–Trinajstić information content (AvgIpc) is 3.60. The summed E-state index contributed by atoms with van der Waals surface area (Å²) in [4.78, 5) is 49.3. The van der Waals surface area contributed by atoms with Gasteiger partial charge in [0.25, 0.3) is 5.91 Å². The highest BCUT2D eigenvalue weighted by Gasteiger charge is 2.48. The van der Waals surface area contributed by atoms with Gasteiger partial charge in [0.2, 0.25) is 11.0 Å². The highest BCUT2D eigenvalue weighted by molar-refractivity contribution is 7.14. The lowest BCUT2D eigenvalue weighted by Crippen LogP contribution is -2.52. The molecule has 9 nitrogen and oxygen atoms in total. The molecule has 11 heteroatoms. The summed E-state index contributed by atoms with van der Waals surface area (Å²) in [6.07, 6.45) is 0.817. The zero-order valence-corrected chi connectivity index (χ0v) is 22.8. The minimum Gasteiger partial charge on any atom is -0.368 e. The Balaban J connectivity index is 1.27. The number of aromatic nitrogens is 1. The van der Waals surface area contributed by atoms with E-state index >= 15 is 0 Å². The zero-order valence-electron chi connectivity index (χ0n) is 22.0. The largest absolute Gasteiger partial charge is 0.368 e. The van der Waals surface area contributed by atoms with Gasteiger partial charge in [0.15, 0.2) is 10.9 Å². The first-order valence-electron chi connectivity index (χ1n) is 13.2. The average molecular weight is 544 g/mol. The van der Waals surface area contributed by atoms with Crippen LogP contribution in [0.3, 0.4) is 0 Å². The molecule has 1 unspecified atom stereocenters. The van der Waals surface area contributed by atoms with Gasteiger partial charge in [-0.15, -0.1) is 0 Å². The maximum absolute atomic E-state index is 14.8. The van der Waals surface area contributed by atoms with E-state index in [0.717, 1.165) is 37.5 Å². The molecule has 0 bridgehead atoms. The summed E-state index contributed by atoms with van der Waals surface area (Å²) in [7, 11) is 2.07. The zero-order chi connectivity index (χ0) is 27.0. The first-order chi connectivity index (χ1) is 18.2. The van der Waals surface area contributed by atoms with E-state index in [9.17, 15) is 18.8 Å². The molecule has 3 fully saturated rings. The minimum absolute atomic E-state index is 0.0309. The third-order valence-corrected chi connectivity index (χ3v) is 8.38. The van der Waals surface area contributed by atoms with Gasteiger partial charge in [-0.3, -0.25) is 14.4 Å². The number of Topliss-reactive ketones (excluding diaryl/α,β-unsaturated/α-hetero) is 1. The minimum atomic E-state index is -0.753. The molecule has 38 heavy (non-hydrogen) atoms. The van der Waals surface area contributed by atoms with E-state index in [2.05, 4.69) is 27.1 Å². The van der Waals surface area contributed by atoms with E-state index in [-0.39, 0.29) is 41.1 Å². The summed E-state index contributed by atoms with van der Waals surface area (Å²) >= 11 is 1.04. The van der Waals surface area contributed by atoms with Crippen LogP contribution in [-0.4, -0.2) is 96.9 Å². The van der Waals surface area contributed by atoms with Crippen LogP contribution < -0.4 is 10.2 Å². The van der Waals surface area contributed by atoms with Crippen LogP contribution in [0.4, 0.5) is 9.52 Å². The Morgan fingerprint density at radius 3 is 2.55 bits per heavy atom. The second-order valence-corrected chi connectivity index (χ2v) is 11.7. The quantitative estimate of drug-likeness (QED) is 0.573. The van der Waals surface area contributed by atoms with E-state index in [0.29, 0.717) is 35.6 Å². The van der Waals surface area contributed by atoms with Crippen molar-refractivity contribution in [3.8, 4) is 11.3 Å². The number of anilines is 1. The number of halogens is 1. The van der Waals surface area contributed by atoms with Crippen LogP contribution in [0.5, 0.6) is 0 Å². The van der Waals surface area contributed by atoms with Gasteiger partial charge in [0, 0.05) is 43.9 Å². The molecule has 1 aromatic carbocycles. The fourth-order valence-electron chi connectivity index (χ4n) is 5.36. The summed E-state index contributed by atoms with van der Waals surface area (Å²) in [6.45, 7) is 7.86. The lowest BCUT2D eigenvalue weighted by Gasteiger charge is -2.31. The molecular formula is C27H34FN5O4S. The molecule has 5 rings (SSSR count). The molecule has 0 radical (unpaired) electrons. The summed E-state index contributed by atoms with van der Waals surface area (Å²) in [5.74, 6) is -0.577. The predicted molar refractivity (Wildman–Crippen MR) is 143 cm³/mol. The van der Waals surface area contributed by atoms with Gasteiger partial charge in [0.1, 0.15) is 24.4 Å². The molecule has 4 heterocycles. The van der Waals surface area contributed by atoms with Crippen molar-refractivity contribution in [1.29, 1.82) is 0 Å². The van der Waals surface area contributed by atoms with Gasteiger partial charge < -0.3 is 24.8 Å². The molecule has 2 aromatic rings. The summed E-state index contributed by atoms with van der Waals surface area (Å²) in [5.41, 5.74) is 1.23. The van der Waals surface area contributed by atoms with Gasteiger partial charge in [-0.05, 0) is 37.9 Å². The fraction of sp³-hybridized carbons (Fsp3) is 0.556. The number of nitrogens with zero attached hydrogens (tertiary/aromatic N) is 4. The summed E-state index contributed by atoms with van der Waals surface area (Å²) < 4.78 is 20.3. The Labute approximate surface area is 225 Å². The number of hydrogen-bond donors (Lipinski definition) is 1. The molecule has 3 aliphatic heterocycles. The molecule has 1 N–H and O–H groups in total. The fourth-order valence-corrected chi connectivity index (χ4v) is 6.23. The third-order valence-electron chi connectivity index (χ3n) is 7.47. The van der Waals surface area contributed by atoms with Crippen LogP contribution in [0.1, 0.15) is 37.0 Å². The number of carbonyl (C=O) groups is 3. The standard InChI is InChI=1S/C27H34FN5O4S/c1-16(2)14-19(26(36)33-9-8-21-23(33)20(34)15-37-21)29-25(35)18-6-4-17(5-7-18)22-24(28)38-27(30-22)32-12-10-31(3)11-13-32/h4-7,16,19,21,23H,8-15H2,1-3H3,(H,29,35)/t19?,21-,23-/m1/s1. The second kappa shape index (κ2) is 11.1. The molecule has 3 atom stereocenters. The first-order valence-corrected chi connectivity index (χ1v) is 14.0. The number of benzene rings is 1. The maximum atomic E-state index is 14.8. The number of fused-ring (bicyclic) bond motifs is 1. The number of ketones is 1. The number of likely N-dealkylation sites (N-methyl/N-ethyl adjacent to an activating group) is 1. The third kappa shape index (κ3) is 5.45. The molecule has 0 saturated carbocycles. The number of piperazine rings is 1. The lowest BCUT2D eigenvalue weighted by molar-refractivity contribution is -0.138. The van der Waals surface area contributed by atoms with Crippen molar-refractivity contribution in [2.24, 2.45) is 5.92 Å². The smallest absolute Gasteiger partial charge is 0.251 e. The normalized spacial score (nSPS) is 22.7. The summed E-state index contributed by atoms with van der Waals surface area (Å²) in [5, 5.41) is 3.19. The molecule has 204 valence electrons. The number of ether oxygens (including phenoxy) is 1. The first kappa shape index (κ1) is 26.7. The molecule has 0 spiro atoms. The van der Waals surface area contributed by atoms with Gasteiger partial charge in [-0.25, -0.2) is 4.98 Å². The van der Waals surface area contributed by atoms with Gasteiger partial charge in [-0.2, -0.15) is 4.39 Å². The Kier molecular flexibility index (Phi) is 7.78. The highest BCUT2D eigenvalue weighted by atomic mass is 32.1. The number of rotatable bonds is 7. The van der Waals surface area contributed by atoms with Crippen LogP contribution >= 0.6 is 11.3 Å². The number of carbonyl (C=O) groups excluding carboxylic acids is 3. The van der Waals surface area contributed by atoms with Crippen molar-refractivity contribution in [2.75, 3.05) is 51.3 Å². The Morgan fingerprint density at radius 2 is 1.87 bits per heavy atom. The van der Waals surface area contributed by atoms with Crippen LogP contribution in [0.2, 0.25) is 0 Å². The van der Waals surface area contributed by atoms with Crippen LogP contribution in [0, 0.1) is 11.0 Å². The van der Waals surface area contributed by atoms with Crippen molar-refractivity contribution in [1.82, 2.24) is 20.1 Å². The van der Waals surface area contributed by atoms with E-state index in [1.165, 1.54) is 0 Å². The summed E-state index contributed by atoms with van der Waals surface area (Å²) in [6, 6.07) is 5.29. The molecule has 0 aliphatic carbocycles. The number of likely N-dealkylation sites (tertiary alicyclic amines) is 1. The molecule has 3 aliphatic rings. The molecule has 1 aromatic heterocycles. The highest BCUT2D eigenvalue weighted by Crippen LogP contribution is 2.32. The molecule has 2 amide bonds.